The molecule has 0 aliphatic carbocycles. The molecule has 5 nitrogen and oxygen atoms in total. The molecule has 130 valence electrons. The van der Waals surface area contributed by atoms with E-state index in [0.717, 1.165) is 0 Å². The number of amides is 1. The highest BCUT2D eigenvalue weighted by Crippen LogP contribution is 2.36. The molecule has 1 unspecified atom stereocenters. The van der Waals surface area contributed by atoms with Crippen LogP contribution in [0.5, 0.6) is 5.75 Å². The minimum atomic E-state index is -0.674. The summed E-state index contributed by atoms with van der Waals surface area (Å²) in [5, 5.41) is -0.0187. The van der Waals surface area contributed by atoms with Gasteiger partial charge in [-0.2, -0.15) is 0 Å². The van der Waals surface area contributed by atoms with Gasteiger partial charge in [0.05, 0.1) is 29.9 Å². The standard InChI is InChI=1S/C18H15ClFNO4/c1-10-17(22)21(9-11-3-5-14(20)13(19)7-11)15-8-12(18(23)24-2)4-6-16(15)25-10/h3-8,10H,9H2,1-2H3. The Hall–Kier alpha value is -2.60. The smallest absolute Gasteiger partial charge is 0.337 e. The van der Waals surface area contributed by atoms with Crippen molar-refractivity contribution in [3.8, 4) is 5.75 Å². The van der Waals surface area contributed by atoms with Crippen LogP contribution in [0.2, 0.25) is 5.02 Å². The van der Waals surface area contributed by atoms with Crippen molar-refractivity contribution in [2.24, 2.45) is 0 Å². The van der Waals surface area contributed by atoms with Crippen LogP contribution in [-0.4, -0.2) is 25.1 Å². The van der Waals surface area contributed by atoms with Crippen molar-refractivity contribution in [1.29, 1.82) is 0 Å². The number of anilines is 1. The van der Waals surface area contributed by atoms with Gasteiger partial charge < -0.3 is 14.4 Å². The third-order valence-corrected chi connectivity index (χ3v) is 4.20. The van der Waals surface area contributed by atoms with Gasteiger partial charge in [-0.1, -0.05) is 17.7 Å². The van der Waals surface area contributed by atoms with E-state index in [-0.39, 0.29) is 17.5 Å². The highest BCUT2D eigenvalue weighted by Gasteiger charge is 2.32. The van der Waals surface area contributed by atoms with Crippen molar-refractivity contribution in [1.82, 2.24) is 0 Å². The monoisotopic (exact) mass is 363 g/mol. The van der Waals surface area contributed by atoms with Crippen molar-refractivity contribution in [2.45, 2.75) is 19.6 Å². The van der Waals surface area contributed by atoms with E-state index in [0.29, 0.717) is 22.6 Å². The van der Waals surface area contributed by atoms with Gasteiger partial charge >= 0.3 is 5.97 Å². The molecule has 2 aromatic carbocycles. The lowest BCUT2D eigenvalue weighted by Gasteiger charge is -2.33. The second kappa shape index (κ2) is 6.72. The van der Waals surface area contributed by atoms with E-state index in [4.69, 9.17) is 21.1 Å². The Balaban J connectivity index is 2.01. The van der Waals surface area contributed by atoms with Gasteiger partial charge in [-0.3, -0.25) is 4.79 Å². The van der Waals surface area contributed by atoms with Gasteiger partial charge in [0.2, 0.25) is 0 Å². The van der Waals surface area contributed by atoms with E-state index in [9.17, 15) is 14.0 Å². The van der Waals surface area contributed by atoms with Gasteiger partial charge in [0.1, 0.15) is 11.6 Å². The Morgan fingerprint density at radius 2 is 2.08 bits per heavy atom. The Bertz CT molecular complexity index is 855. The maximum Gasteiger partial charge on any atom is 0.337 e. The molecule has 0 saturated carbocycles. The summed E-state index contributed by atoms with van der Waals surface area (Å²) in [6.07, 6.45) is -0.674. The largest absolute Gasteiger partial charge is 0.479 e. The highest BCUT2D eigenvalue weighted by molar-refractivity contribution is 6.30. The number of fused-ring (bicyclic) bond motifs is 1. The van der Waals surface area contributed by atoms with Crippen LogP contribution in [0.15, 0.2) is 36.4 Å². The molecule has 1 aliphatic rings. The number of nitrogens with zero attached hydrogens (tertiary/aromatic N) is 1. The number of ether oxygens (including phenoxy) is 2. The minimum absolute atomic E-state index is 0.0187. The number of carbonyl (C=O) groups excluding carboxylic acids is 2. The SMILES string of the molecule is COC(=O)c1ccc2c(c1)N(Cc1ccc(F)c(Cl)c1)C(=O)C(C)O2. The van der Waals surface area contributed by atoms with Crippen LogP contribution in [-0.2, 0) is 16.1 Å². The molecular weight excluding hydrogens is 349 g/mol. The number of methoxy groups -OCH3 is 1. The Morgan fingerprint density at radius 1 is 1.32 bits per heavy atom. The number of benzene rings is 2. The summed E-state index contributed by atoms with van der Waals surface area (Å²) in [6, 6.07) is 9.00. The molecule has 0 radical (unpaired) electrons. The van der Waals surface area contributed by atoms with Crippen LogP contribution < -0.4 is 9.64 Å². The van der Waals surface area contributed by atoms with Gasteiger partial charge in [-0.05, 0) is 42.8 Å². The molecule has 1 amide bonds. The van der Waals surface area contributed by atoms with Crippen molar-refractivity contribution >= 4 is 29.2 Å². The molecule has 0 spiro atoms. The summed E-state index contributed by atoms with van der Waals surface area (Å²) in [6.45, 7) is 1.81. The van der Waals surface area contributed by atoms with E-state index in [1.165, 1.54) is 30.2 Å². The van der Waals surface area contributed by atoms with E-state index in [2.05, 4.69) is 0 Å². The first-order valence-electron chi connectivity index (χ1n) is 7.55. The maximum absolute atomic E-state index is 13.4. The normalized spacial score (nSPS) is 16.2. The number of hydrogen-bond acceptors (Lipinski definition) is 4. The molecule has 0 saturated heterocycles. The van der Waals surface area contributed by atoms with E-state index in [1.54, 1.807) is 25.1 Å². The molecule has 1 atom stereocenters. The molecular formula is C18H15ClFNO4. The fourth-order valence-corrected chi connectivity index (χ4v) is 2.84. The lowest BCUT2D eigenvalue weighted by atomic mass is 10.1. The Labute approximate surface area is 148 Å². The van der Waals surface area contributed by atoms with Crippen LogP contribution in [0.4, 0.5) is 10.1 Å². The number of carbonyl (C=O) groups is 2. The van der Waals surface area contributed by atoms with Gasteiger partial charge in [-0.25, -0.2) is 9.18 Å². The molecule has 7 heteroatoms. The quantitative estimate of drug-likeness (QED) is 0.782. The van der Waals surface area contributed by atoms with Crippen molar-refractivity contribution in [3.63, 3.8) is 0 Å². The zero-order valence-electron chi connectivity index (χ0n) is 13.6. The van der Waals surface area contributed by atoms with Gasteiger partial charge in [0.15, 0.2) is 6.10 Å². The first kappa shape index (κ1) is 17.2. The fourth-order valence-electron chi connectivity index (χ4n) is 2.64. The molecule has 0 N–H and O–H groups in total. The molecule has 1 heterocycles. The molecule has 3 rings (SSSR count). The summed E-state index contributed by atoms with van der Waals surface area (Å²) in [7, 11) is 1.28. The van der Waals surface area contributed by atoms with E-state index >= 15 is 0 Å². The number of rotatable bonds is 3. The van der Waals surface area contributed by atoms with Crippen LogP contribution >= 0.6 is 11.6 Å². The highest BCUT2D eigenvalue weighted by atomic mass is 35.5. The zero-order chi connectivity index (χ0) is 18.1. The van der Waals surface area contributed by atoms with Crippen molar-refractivity contribution < 1.29 is 23.5 Å². The second-order valence-electron chi connectivity index (χ2n) is 5.61. The average molecular weight is 364 g/mol. The van der Waals surface area contributed by atoms with Gasteiger partial charge in [0, 0.05) is 0 Å². The summed E-state index contributed by atoms with van der Waals surface area (Å²) in [5.41, 5.74) is 1.41. The Kier molecular flexibility index (Phi) is 4.63. The number of halogens is 2. The first-order valence-corrected chi connectivity index (χ1v) is 7.93. The van der Waals surface area contributed by atoms with Crippen LogP contribution in [0.1, 0.15) is 22.8 Å². The van der Waals surface area contributed by atoms with Gasteiger partial charge in [0.25, 0.3) is 5.91 Å². The molecule has 25 heavy (non-hydrogen) atoms. The Morgan fingerprint density at radius 3 is 2.76 bits per heavy atom. The second-order valence-corrected chi connectivity index (χ2v) is 6.01. The number of esters is 1. The molecule has 0 fully saturated rings. The van der Waals surface area contributed by atoms with E-state index < -0.39 is 17.9 Å². The summed E-state index contributed by atoms with van der Waals surface area (Å²) >= 11 is 5.82. The van der Waals surface area contributed by atoms with Crippen molar-refractivity contribution in [2.75, 3.05) is 12.0 Å². The summed E-state index contributed by atoms with van der Waals surface area (Å²) in [5.74, 6) is -0.831. The van der Waals surface area contributed by atoms with E-state index in [1.807, 2.05) is 0 Å². The van der Waals surface area contributed by atoms with Crippen LogP contribution in [0, 0.1) is 5.82 Å². The molecule has 1 aliphatic heterocycles. The van der Waals surface area contributed by atoms with Crippen LogP contribution in [0.3, 0.4) is 0 Å². The molecule has 2 aromatic rings. The van der Waals surface area contributed by atoms with Crippen molar-refractivity contribution in [3.05, 3.63) is 58.4 Å². The third kappa shape index (κ3) is 3.30. The zero-order valence-corrected chi connectivity index (χ0v) is 14.3. The first-order chi connectivity index (χ1) is 11.9. The lowest BCUT2D eigenvalue weighted by molar-refractivity contribution is -0.125. The average Bonchev–Trinajstić information content (AvgIpc) is 2.61. The maximum atomic E-state index is 13.4. The predicted octanol–water partition coefficient (Wildman–Crippen LogP) is 3.58. The van der Waals surface area contributed by atoms with Crippen LogP contribution in [0.25, 0.3) is 0 Å². The molecule has 0 bridgehead atoms. The minimum Gasteiger partial charge on any atom is -0.479 e. The fraction of sp³-hybridized carbons (Fsp3) is 0.222. The summed E-state index contributed by atoms with van der Waals surface area (Å²) in [4.78, 5) is 25.8. The predicted molar refractivity (Wildman–Crippen MR) is 90.5 cm³/mol. The number of hydrogen-bond donors (Lipinski definition) is 0. The topological polar surface area (TPSA) is 55.8 Å². The summed E-state index contributed by atoms with van der Waals surface area (Å²) < 4.78 is 23.7. The lowest BCUT2D eigenvalue weighted by Crippen LogP contribution is -2.44. The third-order valence-electron chi connectivity index (χ3n) is 3.91. The molecule has 0 aromatic heterocycles. The van der Waals surface area contributed by atoms with Gasteiger partial charge in [-0.15, -0.1) is 0 Å².